The number of halogens is 3. The minimum absolute atomic E-state index is 0.0143. The standard InChI is InChI=1S/C15H12F3N3/c16-15(17,18)13-1-2-14(12(9-13)10-19)21-8-5-11-3-6-20-7-4-11/h1-4,6-7,9,21H,5,8H2. The maximum Gasteiger partial charge on any atom is 0.416 e. The second kappa shape index (κ2) is 6.27. The second-order valence-electron chi connectivity index (χ2n) is 4.40. The van der Waals surface area contributed by atoms with E-state index in [-0.39, 0.29) is 5.56 Å². The Kier molecular flexibility index (Phi) is 4.43. The summed E-state index contributed by atoms with van der Waals surface area (Å²) in [5.41, 5.74) is 0.626. The van der Waals surface area contributed by atoms with Crippen molar-refractivity contribution >= 4 is 5.69 Å². The molecule has 3 nitrogen and oxygen atoms in total. The van der Waals surface area contributed by atoms with E-state index in [1.54, 1.807) is 18.5 Å². The molecule has 0 aliphatic heterocycles. The highest BCUT2D eigenvalue weighted by atomic mass is 19.4. The molecule has 0 aliphatic rings. The van der Waals surface area contributed by atoms with Crippen molar-refractivity contribution in [1.82, 2.24) is 4.98 Å². The predicted molar refractivity (Wildman–Crippen MR) is 72.6 cm³/mol. The average molecular weight is 291 g/mol. The lowest BCUT2D eigenvalue weighted by Gasteiger charge is -2.11. The van der Waals surface area contributed by atoms with E-state index >= 15 is 0 Å². The van der Waals surface area contributed by atoms with Crippen LogP contribution < -0.4 is 5.32 Å². The molecule has 0 saturated carbocycles. The number of benzene rings is 1. The predicted octanol–water partition coefficient (Wildman–Crippen LogP) is 3.63. The van der Waals surface area contributed by atoms with Gasteiger partial charge in [-0.15, -0.1) is 0 Å². The summed E-state index contributed by atoms with van der Waals surface area (Å²) in [4.78, 5) is 3.90. The zero-order chi connectivity index (χ0) is 15.3. The molecule has 108 valence electrons. The summed E-state index contributed by atoms with van der Waals surface area (Å²) in [5, 5.41) is 11.9. The van der Waals surface area contributed by atoms with Gasteiger partial charge in [-0.25, -0.2) is 0 Å². The monoisotopic (exact) mass is 291 g/mol. The SMILES string of the molecule is N#Cc1cc(C(F)(F)F)ccc1NCCc1ccncc1. The first-order valence-corrected chi connectivity index (χ1v) is 6.25. The first-order valence-electron chi connectivity index (χ1n) is 6.25. The zero-order valence-corrected chi connectivity index (χ0v) is 11.0. The van der Waals surface area contributed by atoms with Gasteiger partial charge in [-0.1, -0.05) is 0 Å². The Bertz CT molecular complexity index is 645. The highest BCUT2D eigenvalue weighted by Gasteiger charge is 2.30. The number of pyridine rings is 1. The van der Waals surface area contributed by atoms with Crippen LogP contribution in [0.4, 0.5) is 18.9 Å². The molecule has 1 N–H and O–H groups in total. The summed E-state index contributed by atoms with van der Waals surface area (Å²) in [6.45, 7) is 0.518. The normalized spacial score (nSPS) is 11.0. The molecule has 21 heavy (non-hydrogen) atoms. The van der Waals surface area contributed by atoms with Gasteiger partial charge in [0.05, 0.1) is 16.8 Å². The van der Waals surface area contributed by atoms with Crippen LogP contribution in [0.2, 0.25) is 0 Å². The molecule has 1 aromatic carbocycles. The average Bonchev–Trinajstić information content (AvgIpc) is 2.47. The first-order chi connectivity index (χ1) is 10.0. The van der Waals surface area contributed by atoms with E-state index in [0.717, 1.165) is 17.7 Å². The number of hydrogen-bond donors (Lipinski definition) is 1. The fourth-order valence-corrected chi connectivity index (χ4v) is 1.86. The number of alkyl halides is 3. The van der Waals surface area contributed by atoms with E-state index in [0.29, 0.717) is 18.7 Å². The Morgan fingerprint density at radius 3 is 2.48 bits per heavy atom. The second-order valence-corrected chi connectivity index (χ2v) is 4.40. The number of rotatable bonds is 4. The van der Waals surface area contributed by atoms with Crippen LogP contribution in [0.3, 0.4) is 0 Å². The Morgan fingerprint density at radius 1 is 1.14 bits per heavy atom. The molecule has 0 aliphatic carbocycles. The first kappa shape index (κ1) is 14.9. The van der Waals surface area contributed by atoms with E-state index in [4.69, 9.17) is 5.26 Å². The van der Waals surface area contributed by atoms with Crippen molar-refractivity contribution in [2.75, 3.05) is 11.9 Å². The largest absolute Gasteiger partial charge is 0.416 e. The van der Waals surface area contributed by atoms with Gasteiger partial charge in [0.1, 0.15) is 6.07 Å². The Balaban J connectivity index is 2.05. The van der Waals surface area contributed by atoms with E-state index in [1.807, 2.05) is 12.1 Å². The minimum Gasteiger partial charge on any atom is -0.384 e. The molecule has 0 spiro atoms. The third kappa shape index (κ3) is 3.96. The molecule has 0 saturated heterocycles. The van der Waals surface area contributed by atoms with Crippen LogP contribution in [0.1, 0.15) is 16.7 Å². The van der Waals surface area contributed by atoms with E-state index in [1.165, 1.54) is 6.07 Å². The lowest BCUT2D eigenvalue weighted by Crippen LogP contribution is -2.09. The number of hydrogen-bond acceptors (Lipinski definition) is 3. The Hall–Kier alpha value is -2.55. The smallest absolute Gasteiger partial charge is 0.384 e. The van der Waals surface area contributed by atoms with Gasteiger partial charge in [-0.3, -0.25) is 4.98 Å². The summed E-state index contributed by atoms with van der Waals surface area (Å²) >= 11 is 0. The molecule has 2 rings (SSSR count). The van der Waals surface area contributed by atoms with Crippen molar-refractivity contribution in [2.24, 2.45) is 0 Å². The van der Waals surface area contributed by atoms with Crippen LogP contribution in [0.25, 0.3) is 0 Å². The van der Waals surface area contributed by atoms with Crippen molar-refractivity contribution in [3.8, 4) is 6.07 Å². The van der Waals surface area contributed by atoms with Gasteiger partial charge >= 0.3 is 6.18 Å². The molecule has 0 amide bonds. The molecule has 1 heterocycles. The molecule has 0 unspecified atom stereocenters. The summed E-state index contributed by atoms with van der Waals surface area (Å²) in [6, 6.07) is 8.62. The zero-order valence-electron chi connectivity index (χ0n) is 11.0. The summed E-state index contributed by atoms with van der Waals surface area (Å²) in [5.74, 6) is 0. The van der Waals surface area contributed by atoms with Gasteiger partial charge in [-0.05, 0) is 42.3 Å². The third-order valence-electron chi connectivity index (χ3n) is 2.95. The van der Waals surface area contributed by atoms with Crippen LogP contribution in [0.5, 0.6) is 0 Å². The van der Waals surface area contributed by atoms with Gasteiger partial charge < -0.3 is 5.32 Å². The van der Waals surface area contributed by atoms with Crippen molar-refractivity contribution in [3.63, 3.8) is 0 Å². The van der Waals surface area contributed by atoms with E-state index in [2.05, 4.69) is 10.3 Å². The molecule has 6 heteroatoms. The number of nitriles is 1. The molecule has 0 radical (unpaired) electrons. The molecule has 1 aromatic heterocycles. The van der Waals surface area contributed by atoms with Crippen LogP contribution >= 0.6 is 0 Å². The van der Waals surface area contributed by atoms with Crippen LogP contribution in [0.15, 0.2) is 42.7 Å². The van der Waals surface area contributed by atoms with Crippen LogP contribution in [-0.2, 0) is 12.6 Å². The maximum absolute atomic E-state index is 12.6. The Morgan fingerprint density at radius 2 is 1.86 bits per heavy atom. The van der Waals surface area contributed by atoms with Gasteiger partial charge in [0, 0.05) is 18.9 Å². The summed E-state index contributed by atoms with van der Waals surface area (Å²) in [6.07, 6.45) is -0.405. The number of anilines is 1. The molecule has 0 fully saturated rings. The topological polar surface area (TPSA) is 48.7 Å². The van der Waals surface area contributed by atoms with Crippen molar-refractivity contribution in [3.05, 3.63) is 59.4 Å². The Labute approximate surface area is 120 Å². The van der Waals surface area contributed by atoms with Crippen molar-refractivity contribution < 1.29 is 13.2 Å². The third-order valence-corrected chi connectivity index (χ3v) is 2.95. The minimum atomic E-state index is -4.44. The van der Waals surface area contributed by atoms with Crippen molar-refractivity contribution in [1.29, 1.82) is 5.26 Å². The van der Waals surface area contributed by atoms with Crippen molar-refractivity contribution in [2.45, 2.75) is 12.6 Å². The molecule has 0 atom stereocenters. The number of nitrogens with one attached hydrogen (secondary N) is 1. The summed E-state index contributed by atoms with van der Waals surface area (Å²) in [7, 11) is 0. The lowest BCUT2D eigenvalue weighted by atomic mass is 10.1. The highest BCUT2D eigenvalue weighted by Crippen LogP contribution is 2.31. The number of aromatic nitrogens is 1. The van der Waals surface area contributed by atoms with Crippen LogP contribution in [0, 0.1) is 11.3 Å². The maximum atomic E-state index is 12.6. The molecule has 2 aromatic rings. The van der Waals surface area contributed by atoms with E-state index in [9.17, 15) is 13.2 Å². The van der Waals surface area contributed by atoms with Gasteiger partial charge in [0.15, 0.2) is 0 Å². The van der Waals surface area contributed by atoms with Gasteiger partial charge in [-0.2, -0.15) is 18.4 Å². The molecule has 0 bridgehead atoms. The quantitative estimate of drug-likeness (QED) is 0.935. The van der Waals surface area contributed by atoms with Gasteiger partial charge in [0.25, 0.3) is 0 Å². The van der Waals surface area contributed by atoms with Gasteiger partial charge in [0.2, 0.25) is 0 Å². The van der Waals surface area contributed by atoms with Crippen LogP contribution in [-0.4, -0.2) is 11.5 Å². The number of nitrogens with zero attached hydrogens (tertiary/aromatic N) is 2. The summed E-state index contributed by atoms with van der Waals surface area (Å²) < 4.78 is 37.7. The fourth-order valence-electron chi connectivity index (χ4n) is 1.86. The molecular weight excluding hydrogens is 279 g/mol. The lowest BCUT2D eigenvalue weighted by molar-refractivity contribution is -0.137. The highest BCUT2D eigenvalue weighted by molar-refractivity contribution is 5.59. The molecular formula is C15H12F3N3. The van der Waals surface area contributed by atoms with E-state index < -0.39 is 11.7 Å². The fraction of sp³-hybridized carbons (Fsp3) is 0.200.